The largest absolute Gasteiger partial charge is 0.369 e. The molecule has 1 N–H and O–H groups in total. The SMILES string of the molecule is Cc1ccccc1-c1ccc2c3ccc(-c4ccccc4C)cc3n(-c3cccc4c3C(=O)N(c3cc(-c5ccccc5)cc(-c5ccccc5)c3)C4O)c2c1. The Labute approximate surface area is 326 Å². The van der Waals surface area contributed by atoms with Crippen LogP contribution in [0.4, 0.5) is 5.69 Å². The van der Waals surface area contributed by atoms with Gasteiger partial charge in [-0.1, -0.05) is 146 Å². The predicted molar refractivity (Wildman–Crippen MR) is 230 cm³/mol. The minimum absolute atomic E-state index is 0.243. The van der Waals surface area contributed by atoms with Crippen LogP contribution in [0.5, 0.6) is 0 Å². The van der Waals surface area contributed by atoms with Crippen LogP contribution >= 0.6 is 0 Å². The molecule has 56 heavy (non-hydrogen) atoms. The molecule has 1 aliphatic rings. The fraction of sp³-hybridized carbons (Fsp3) is 0.0577. The van der Waals surface area contributed by atoms with Gasteiger partial charge in [-0.15, -0.1) is 0 Å². The van der Waals surface area contributed by atoms with Crippen molar-refractivity contribution in [2.24, 2.45) is 0 Å². The van der Waals surface area contributed by atoms with Gasteiger partial charge < -0.3 is 9.67 Å². The predicted octanol–water partition coefficient (Wildman–Crippen LogP) is 12.7. The fourth-order valence-corrected chi connectivity index (χ4v) is 8.57. The van der Waals surface area contributed by atoms with Crippen LogP contribution in [0.1, 0.15) is 33.3 Å². The summed E-state index contributed by atoms with van der Waals surface area (Å²) in [5.74, 6) is -0.243. The van der Waals surface area contributed by atoms with Gasteiger partial charge in [0.15, 0.2) is 6.23 Å². The average molecular weight is 723 g/mol. The van der Waals surface area contributed by atoms with Crippen LogP contribution in [0.25, 0.3) is 72.0 Å². The Hall–Kier alpha value is -7.01. The molecule has 4 heteroatoms. The lowest BCUT2D eigenvalue weighted by molar-refractivity contribution is 0.0935. The van der Waals surface area contributed by atoms with Gasteiger partial charge in [0.25, 0.3) is 5.91 Å². The van der Waals surface area contributed by atoms with Gasteiger partial charge in [-0.05, 0) is 106 Å². The number of fused-ring (bicyclic) bond motifs is 4. The van der Waals surface area contributed by atoms with E-state index in [-0.39, 0.29) is 5.91 Å². The van der Waals surface area contributed by atoms with Crippen LogP contribution in [0, 0.1) is 13.8 Å². The van der Waals surface area contributed by atoms with E-state index < -0.39 is 6.23 Å². The van der Waals surface area contributed by atoms with Crippen LogP contribution in [0.3, 0.4) is 0 Å². The number of aliphatic hydroxyl groups excluding tert-OH is 1. The number of amides is 1. The molecule has 8 aromatic carbocycles. The van der Waals surface area contributed by atoms with Gasteiger partial charge in [0, 0.05) is 22.0 Å². The first kappa shape index (κ1) is 33.6. The van der Waals surface area contributed by atoms with E-state index in [1.807, 2.05) is 66.7 Å². The number of nitrogens with zero attached hydrogens (tertiary/aromatic N) is 2. The van der Waals surface area contributed by atoms with Gasteiger partial charge in [0.05, 0.1) is 22.3 Å². The third-order valence-corrected chi connectivity index (χ3v) is 11.4. The molecule has 0 saturated carbocycles. The summed E-state index contributed by atoms with van der Waals surface area (Å²) in [4.78, 5) is 16.7. The van der Waals surface area contributed by atoms with Gasteiger partial charge in [0.1, 0.15) is 0 Å². The Kier molecular flexibility index (Phi) is 8.02. The number of benzene rings is 8. The van der Waals surface area contributed by atoms with Crippen molar-refractivity contribution >= 4 is 33.4 Å². The van der Waals surface area contributed by atoms with Crippen LogP contribution in [-0.4, -0.2) is 15.6 Å². The molecule has 268 valence electrons. The lowest BCUT2D eigenvalue weighted by Gasteiger charge is -2.23. The number of rotatable bonds is 6. The highest BCUT2D eigenvalue weighted by Gasteiger charge is 2.39. The molecule has 1 aromatic heterocycles. The summed E-state index contributed by atoms with van der Waals surface area (Å²) in [5, 5.41) is 14.4. The van der Waals surface area contributed by atoms with Crippen molar-refractivity contribution in [1.29, 1.82) is 0 Å². The first-order valence-electron chi connectivity index (χ1n) is 19.1. The summed E-state index contributed by atoms with van der Waals surface area (Å²) in [7, 11) is 0. The van der Waals surface area contributed by atoms with E-state index in [2.05, 4.69) is 134 Å². The van der Waals surface area contributed by atoms with E-state index in [4.69, 9.17) is 0 Å². The summed E-state index contributed by atoms with van der Waals surface area (Å²) < 4.78 is 2.23. The van der Waals surface area contributed by atoms with Crippen LogP contribution < -0.4 is 4.90 Å². The number of hydrogen-bond donors (Lipinski definition) is 1. The van der Waals surface area contributed by atoms with Gasteiger partial charge in [-0.2, -0.15) is 0 Å². The molecule has 4 nitrogen and oxygen atoms in total. The zero-order chi connectivity index (χ0) is 37.9. The molecular formula is C52H38N2O2. The molecule has 0 bridgehead atoms. The highest BCUT2D eigenvalue weighted by atomic mass is 16.3. The molecule has 10 rings (SSSR count). The Morgan fingerprint density at radius 1 is 0.464 bits per heavy atom. The number of carbonyl (C=O) groups is 1. The van der Waals surface area contributed by atoms with Gasteiger partial charge in [-0.25, -0.2) is 0 Å². The van der Waals surface area contributed by atoms with Crippen molar-refractivity contribution in [1.82, 2.24) is 4.57 Å². The summed E-state index contributed by atoms with van der Waals surface area (Å²) in [6.07, 6.45) is -1.18. The van der Waals surface area contributed by atoms with E-state index in [9.17, 15) is 5.11 Å². The summed E-state index contributed by atoms with van der Waals surface area (Å²) in [6, 6.07) is 62.5. The van der Waals surface area contributed by atoms with E-state index in [0.29, 0.717) is 16.8 Å². The smallest absolute Gasteiger partial charge is 0.263 e. The normalized spacial score (nSPS) is 13.8. The van der Waals surface area contributed by atoms with Gasteiger partial charge in [-0.3, -0.25) is 9.69 Å². The highest BCUT2D eigenvalue weighted by molar-refractivity contribution is 6.16. The molecule has 1 aliphatic heterocycles. The van der Waals surface area contributed by atoms with E-state index >= 15 is 4.79 Å². The third-order valence-electron chi connectivity index (χ3n) is 11.4. The lowest BCUT2D eigenvalue weighted by atomic mass is 9.97. The van der Waals surface area contributed by atoms with Crippen LogP contribution in [0.15, 0.2) is 182 Å². The van der Waals surface area contributed by atoms with E-state index in [1.54, 1.807) is 4.90 Å². The maximum atomic E-state index is 15.1. The number of carbonyl (C=O) groups excluding carboxylic acids is 1. The molecule has 1 unspecified atom stereocenters. The van der Waals surface area contributed by atoms with Crippen LogP contribution in [-0.2, 0) is 0 Å². The van der Waals surface area contributed by atoms with Crippen molar-refractivity contribution in [3.05, 3.63) is 204 Å². The molecule has 0 spiro atoms. The third kappa shape index (κ3) is 5.45. The molecule has 2 heterocycles. The van der Waals surface area contributed by atoms with Gasteiger partial charge >= 0.3 is 0 Å². The second kappa shape index (κ2) is 13.4. The minimum Gasteiger partial charge on any atom is -0.369 e. The zero-order valence-electron chi connectivity index (χ0n) is 31.1. The summed E-state index contributed by atoms with van der Waals surface area (Å²) in [6.45, 7) is 4.27. The first-order chi connectivity index (χ1) is 27.4. The zero-order valence-corrected chi connectivity index (χ0v) is 31.1. The number of aromatic nitrogens is 1. The maximum Gasteiger partial charge on any atom is 0.263 e. The number of hydrogen-bond acceptors (Lipinski definition) is 2. The summed E-state index contributed by atoms with van der Waals surface area (Å²) in [5.41, 5.74) is 15.3. The maximum absolute atomic E-state index is 15.1. The number of anilines is 1. The molecule has 0 aliphatic carbocycles. The Morgan fingerprint density at radius 3 is 1.48 bits per heavy atom. The fourth-order valence-electron chi connectivity index (χ4n) is 8.57. The van der Waals surface area contributed by atoms with E-state index in [1.165, 1.54) is 11.1 Å². The van der Waals surface area contributed by atoms with E-state index in [0.717, 1.165) is 72.0 Å². The number of aryl methyl sites for hydroxylation is 2. The van der Waals surface area contributed by atoms with Crippen molar-refractivity contribution in [3.63, 3.8) is 0 Å². The standard InChI is InChI=1S/C52H38N2O2/c1-33-14-9-11-20-42(33)37-24-26-44-45-27-25-38(43-21-12-10-15-34(43)2)32-49(45)54(48(44)31-37)47-23-13-22-46-50(47)52(56)53(51(46)55)41-29-39(35-16-5-3-6-17-35)28-40(30-41)36-18-7-4-8-19-36/h3-32,51,55H,1-2H3. The Morgan fingerprint density at radius 2 is 0.964 bits per heavy atom. The topological polar surface area (TPSA) is 45.5 Å². The van der Waals surface area contributed by atoms with Crippen molar-refractivity contribution in [3.8, 4) is 50.2 Å². The van der Waals surface area contributed by atoms with Crippen LogP contribution in [0.2, 0.25) is 0 Å². The highest BCUT2D eigenvalue weighted by Crippen LogP contribution is 2.44. The second-order valence-corrected chi connectivity index (χ2v) is 14.7. The molecule has 0 fully saturated rings. The number of aliphatic hydroxyl groups is 1. The molecule has 0 saturated heterocycles. The molecule has 9 aromatic rings. The second-order valence-electron chi connectivity index (χ2n) is 14.7. The first-order valence-corrected chi connectivity index (χ1v) is 19.1. The minimum atomic E-state index is -1.18. The molecule has 1 amide bonds. The molecular weight excluding hydrogens is 685 g/mol. The quantitative estimate of drug-likeness (QED) is 0.186. The summed E-state index contributed by atoms with van der Waals surface area (Å²) >= 11 is 0. The lowest BCUT2D eigenvalue weighted by Crippen LogP contribution is -2.27. The average Bonchev–Trinajstić information content (AvgIpc) is 3.70. The van der Waals surface area contributed by atoms with Crippen molar-refractivity contribution in [2.45, 2.75) is 20.1 Å². The Balaban J connectivity index is 1.20. The molecule has 0 radical (unpaired) electrons. The van der Waals surface area contributed by atoms with Crippen molar-refractivity contribution in [2.75, 3.05) is 4.90 Å². The molecule has 1 atom stereocenters. The van der Waals surface area contributed by atoms with Gasteiger partial charge in [0.2, 0.25) is 0 Å². The monoisotopic (exact) mass is 722 g/mol. The Bertz CT molecular complexity index is 2820. The van der Waals surface area contributed by atoms with Crippen molar-refractivity contribution < 1.29 is 9.90 Å².